The molecule has 1 rings (SSSR count). The Balaban J connectivity index is 2.65. The Morgan fingerprint density at radius 2 is 1.32 bits per heavy atom. The highest BCUT2D eigenvalue weighted by atomic mass is 32.2. The Labute approximate surface area is 113 Å². The molecule has 0 spiro atoms. The van der Waals surface area contributed by atoms with Gasteiger partial charge in [0.25, 0.3) is 0 Å². The summed E-state index contributed by atoms with van der Waals surface area (Å²) in [6.45, 7) is 3.92. The van der Waals surface area contributed by atoms with Crippen molar-refractivity contribution in [2.75, 3.05) is 24.7 Å². The van der Waals surface area contributed by atoms with Gasteiger partial charge in [0.1, 0.15) is 0 Å². The van der Waals surface area contributed by atoms with Crippen LogP contribution in [0.4, 0.5) is 0 Å². The van der Waals surface area contributed by atoms with Crippen LogP contribution in [0.3, 0.4) is 0 Å². The van der Waals surface area contributed by atoms with Crippen molar-refractivity contribution in [2.24, 2.45) is 11.8 Å². The zero-order valence-electron chi connectivity index (χ0n) is 11.3. The quantitative estimate of drug-likeness (QED) is 0.665. The van der Waals surface area contributed by atoms with Crippen LogP contribution in [0.5, 0.6) is 0 Å². The first kappa shape index (κ1) is 15.9. The Morgan fingerprint density at radius 1 is 0.947 bits per heavy atom. The maximum absolute atomic E-state index is 11.6. The van der Waals surface area contributed by atoms with Crippen LogP contribution in [-0.4, -0.2) is 45.1 Å². The summed E-state index contributed by atoms with van der Waals surface area (Å²) in [6, 6.07) is 0. The molecule has 0 aromatic heterocycles. The fourth-order valence-corrected chi connectivity index (χ4v) is 4.53. The smallest absolute Gasteiger partial charge is 0.306 e. The van der Waals surface area contributed by atoms with Crippen molar-refractivity contribution in [1.82, 2.24) is 0 Å². The monoisotopic (exact) mass is 292 g/mol. The minimum atomic E-state index is -3.18. The van der Waals surface area contributed by atoms with Crippen LogP contribution < -0.4 is 0 Å². The standard InChI is InChI=1S/C12H20O6S/c1-3-17-11(13)5-9-7-19(15,16)8-10(9)6-12(14)18-4-2/h9-10H,3-8H2,1-2H3/t9-,10-/m0/s1. The molecule has 0 aromatic rings. The van der Waals surface area contributed by atoms with Crippen LogP contribution in [0.15, 0.2) is 0 Å². The van der Waals surface area contributed by atoms with Gasteiger partial charge >= 0.3 is 11.9 Å². The second-order valence-corrected chi connectivity index (χ2v) is 6.77. The molecule has 2 atom stereocenters. The summed E-state index contributed by atoms with van der Waals surface area (Å²) in [5, 5.41) is 0. The first-order valence-electron chi connectivity index (χ1n) is 6.39. The predicted molar refractivity (Wildman–Crippen MR) is 68.1 cm³/mol. The minimum absolute atomic E-state index is 0.0388. The molecule has 7 heteroatoms. The fraction of sp³-hybridized carbons (Fsp3) is 0.833. The van der Waals surface area contributed by atoms with Crippen molar-refractivity contribution in [3.05, 3.63) is 0 Å². The topological polar surface area (TPSA) is 86.7 Å². The number of carbonyl (C=O) groups is 2. The lowest BCUT2D eigenvalue weighted by Gasteiger charge is -2.16. The molecule has 1 heterocycles. The number of sulfone groups is 1. The zero-order chi connectivity index (χ0) is 14.5. The summed E-state index contributed by atoms with van der Waals surface area (Å²) >= 11 is 0. The van der Waals surface area contributed by atoms with E-state index in [-0.39, 0.29) is 49.4 Å². The van der Waals surface area contributed by atoms with Gasteiger partial charge in [0.15, 0.2) is 9.84 Å². The molecule has 110 valence electrons. The molecule has 1 fully saturated rings. The molecule has 0 amide bonds. The van der Waals surface area contributed by atoms with Gasteiger partial charge in [-0.2, -0.15) is 0 Å². The van der Waals surface area contributed by atoms with E-state index >= 15 is 0 Å². The second kappa shape index (κ2) is 6.88. The summed E-state index contributed by atoms with van der Waals surface area (Å²) in [7, 11) is -3.18. The molecule has 0 aromatic carbocycles. The van der Waals surface area contributed by atoms with Crippen LogP contribution in [0.2, 0.25) is 0 Å². The normalized spacial score (nSPS) is 24.9. The number of ether oxygens (including phenoxy) is 2. The van der Waals surface area contributed by atoms with Crippen LogP contribution in [0, 0.1) is 11.8 Å². The van der Waals surface area contributed by atoms with Gasteiger partial charge in [0, 0.05) is 12.8 Å². The maximum atomic E-state index is 11.6. The molecule has 0 radical (unpaired) electrons. The molecular weight excluding hydrogens is 272 g/mol. The van der Waals surface area contributed by atoms with Crippen LogP contribution in [0.25, 0.3) is 0 Å². The highest BCUT2D eigenvalue weighted by Crippen LogP contribution is 2.31. The Hall–Kier alpha value is -1.11. The predicted octanol–water partition coefficient (Wildman–Crippen LogP) is 0.554. The number of carbonyl (C=O) groups excluding carboxylic acids is 2. The highest BCUT2D eigenvalue weighted by Gasteiger charge is 2.40. The molecule has 1 aliphatic rings. The third-order valence-corrected chi connectivity index (χ3v) is 4.94. The largest absolute Gasteiger partial charge is 0.466 e. The Morgan fingerprint density at radius 3 is 1.63 bits per heavy atom. The van der Waals surface area contributed by atoms with Gasteiger partial charge in [-0.05, 0) is 25.7 Å². The van der Waals surface area contributed by atoms with E-state index in [1.165, 1.54) is 0 Å². The van der Waals surface area contributed by atoms with Crippen molar-refractivity contribution in [1.29, 1.82) is 0 Å². The molecule has 0 saturated carbocycles. The average Bonchev–Trinajstić information content (AvgIpc) is 2.53. The van der Waals surface area contributed by atoms with E-state index in [9.17, 15) is 18.0 Å². The molecule has 0 N–H and O–H groups in total. The van der Waals surface area contributed by atoms with E-state index in [0.717, 1.165) is 0 Å². The minimum Gasteiger partial charge on any atom is -0.466 e. The second-order valence-electron chi connectivity index (χ2n) is 4.62. The van der Waals surface area contributed by atoms with Gasteiger partial charge in [0.2, 0.25) is 0 Å². The Bertz CT molecular complexity index is 394. The van der Waals surface area contributed by atoms with Gasteiger partial charge < -0.3 is 9.47 Å². The van der Waals surface area contributed by atoms with Gasteiger partial charge in [-0.3, -0.25) is 9.59 Å². The maximum Gasteiger partial charge on any atom is 0.306 e. The van der Waals surface area contributed by atoms with Crippen molar-refractivity contribution < 1.29 is 27.5 Å². The Kier molecular flexibility index (Phi) is 5.78. The molecule has 6 nitrogen and oxygen atoms in total. The van der Waals surface area contributed by atoms with Gasteiger partial charge in [0.05, 0.1) is 24.7 Å². The van der Waals surface area contributed by atoms with E-state index in [0.29, 0.717) is 0 Å². The number of hydrogen-bond acceptors (Lipinski definition) is 6. The lowest BCUT2D eigenvalue weighted by Crippen LogP contribution is -2.21. The first-order chi connectivity index (χ1) is 8.88. The summed E-state index contributed by atoms with van der Waals surface area (Å²) in [6.07, 6.45) is 0.0777. The van der Waals surface area contributed by atoms with E-state index in [4.69, 9.17) is 9.47 Å². The van der Waals surface area contributed by atoms with Gasteiger partial charge in [-0.25, -0.2) is 8.42 Å². The lowest BCUT2D eigenvalue weighted by molar-refractivity contribution is -0.147. The van der Waals surface area contributed by atoms with Gasteiger partial charge in [-0.1, -0.05) is 0 Å². The van der Waals surface area contributed by atoms with Crippen molar-refractivity contribution in [3.63, 3.8) is 0 Å². The van der Waals surface area contributed by atoms with E-state index < -0.39 is 21.8 Å². The molecule has 1 aliphatic heterocycles. The summed E-state index contributed by atoms with van der Waals surface area (Å²) in [4.78, 5) is 22.9. The average molecular weight is 292 g/mol. The fourth-order valence-electron chi connectivity index (χ4n) is 2.31. The molecule has 1 saturated heterocycles. The molecule has 0 unspecified atom stereocenters. The highest BCUT2D eigenvalue weighted by molar-refractivity contribution is 7.91. The van der Waals surface area contributed by atoms with Crippen LogP contribution in [0.1, 0.15) is 26.7 Å². The zero-order valence-corrected chi connectivity index (χ0v) is 12.1. The van der Waals surface area contributed by atoms with Crippen molar-refractivity contribution in [3.8, 4) is 0 Å². The van der Waals surface area contributed by atoms with Crippen LogP contribution in [-0.2, 0) is 28.9 Å². The number of hydrogen-bond donors (Lipinski definition) is 0. The van der Waals surface area contributed by atoms with Crippen molar-refractivity contribution >= 4 is 21.8 Å². The summed E-state index contributed by atoms with van der Waals surface area (Å²) < 4.78 is 32.9. The first-order valence-corrected chi connectivity index (χ1v) is 8.21. The van der Waals surface area contributed by atoms with E-state index in [2.05, 4.69) is 0 Å². The molecule has 0 aliphatic carbocycles. The summed E-state index contributed by atoms with van der Waals surface area (Å²) in [5.74, 6) is -1.66. The number of rotatable bonds is 6. The number of esters is 2. The third kappa shape index (κ3) is 5.18. The lowest BCUT2D eigenvalue weighted by atomic mass is 9.90. The molecule has 19 heavy (non-hydrogen) atoms. The molecular formula is C12H20O6S. The SMILES string of the molecule is CCOC(=O)C[C@H]1CS(=O)(=O)C[C@@H]1CC(=O)OCC. The summed E-state index contributed by atoms with van der Waals surface area (Å²) in [5.41, 5.74) is 0. The van der Waals surface area contributed by atoms with Crippen LogP contribution >= 0.6 is 0 Å². The van der Waals surface area contributed by atoms with Crippen molar-refractivity contribution in [2.45, 2.75) is 26.7 Å². The van der Waals surface area contributed by atoms with E-state index in [1.807, 2.05) is 0 Å². The molecule has 0 bridgehead atoms. The van der Waals surface area contributed by atoms with E-state index in [1.54, 1.807) is 13.8 Å². The third-order valence-electron chi connectivity index (χ3n) is 3.07. The van der Waals surface area contributed by atoms with Gasteiger partial charge in [-0.15, -0.1) is 0 Å².